The monoisotopic (exact) mass is 234 g/mol. The zero-order valence-corrected chi connectivity index (χ0v) is 9.61. The molecule has 0 bridgehead atoms. The number of fused-ring (bicyclic) bond motifs is 1. The summed E-state index contributed by atoms with van der Waals surface area (Å²) in [7, 11) is 0. The van der Waals surface area contributed by atoms with Crippen molar-refractivity contribution in [1.29, 1.82) is 0 Å². The highest BCUT2D eigenvalue weighted by Gasteiger charge is 2.40. The molecule has 0 radical (unpaired) electrons. The van der Waals surface area contributed by atoms with Crippen molar-refractivity contribution in [3.8, 4) is 0 Å². The molecular weight excluding hydrogens is 220 g/mol. The van der Waals surface area contributed by atoms with Crippen LogP contribution in [0.5, 0.6) is 0 Å². The van der Waals surface area contributed by atoms with Gasteiger partial charge in [0.1, 0.15) is 0 Å². The predicted molar refractivity (Wildman–Crippen MR) is 60.6 cm³/mol. The van der Waals surface area contributed by atoms with E-state index in [1.54, 1.807) is 0 Å². The van der Waals surface area contributed by atoms with Crippen LogP contribution in [0.1, 0.15) is 19.8 Å². The Balaban J connectivity index is 1.78. The number of anilines is 1. The van der Waals surface area contributed by atoms with Gasteiger partial charge in [-0.15, -0.1) is 14.8 Å². The topological polar surface area (TPSA) is 79.4 Å². The zero-order valence-electron chi connectivity index (χ0n) is 9.61. The van der Waals surface area contributed by atoms with Gasteiger partial charge in [-0.25, -0.2) is 0 Å². The summed E-state index contributed by atoms with van der Waals surface area (Å²) in [5.41, 5.74) is 0.0736. The number of rotatable bonds is 3. The number of hydrogen-bond acceptors (Lipinski definition) is 6. The molecule has 0 aliphatic carbocycles. The van der Waals surface area contributed by atoms with Gasteiger partial charge in [-0.1, -0.05) is 13.3 Å². The van der Waals surface area contributed by atoms with Crippen molar-refractivity contribution >= 4 is 11.5 Å². The average molecular weight is 234 g/mol. The van der Waals surface area contributed by atoms with Crippen LogP contribution in [0, 0.1) is 0 Å². The van der Waals surface area contributed by atoms with Gasteiger partial charge in [-0.3, -0.25) is 0 Å². The fourth-order valence-electron chi connectivity index (χ4n) is 2.26. The molecule has 2 aromatic rings. The summed E-state index contributed by atoms with van der Waals surface area (Å²) < 4.78 is 1.40. The summed E-state index contributed by atoms with van der Waals surface area (Å²) >= 11 is 0. The third kappa shape index (κ3) is 1.72. The van der Waals surface area contributed by atoms with Gasteiger partial charge in [0.15, 0.2) is 11.5 Å². The molecule has 17 heavy (non-hydrogen) atoms. The van der Waals surface area contributed by atoms with E-state index in [0.717, 1.165) is 18.7 Å². The molecule has 1 saturated heterocycles. The molecule has 1 N–H and O–H groups in total. The van der Waals surface area contributed by atoms with Crippen molar-refractivity contribution in [2.75, 3.05) is 18.0 Å². The van der Waals surface area contributed by atoms with Gasteiger partial charge in [0, 0.05) is 0 Å². The van der Waals surface area contributed by atoms with E-state index in [4.69, 9.17) is 0 Å². The van der Waals surface area contributed by atoms with Crippen LogP contribution in [0.4, 0.5) is 5.82 Å². The van der Waals surface area contributed by atoms with E-state index < -0.39 is 5.60 Å². The van der Waals surface area contributed by atoms with Gasteiger partial charge in [0.2, 0.25) is 0 Å². The molecule has 0 spiro atoms. The van der Waals surface area contributed by atoms with Crippen LogP contribution in [-0.4, -0.2) is 49.1 Å². The Morgan fingerprint density at radius 3 is 3.00 bits per heavy atom. The summed E-state index contributed by atoms with van der Waals surface area (Å²) in [5.74, 6) is 0.797. The van der Waals surface area contributed by atoms with Crippen molar-refractivity contribution in [2.24, 2.45) is 0 Å². The molecule has 90 valence electrons. The van der Waals surface area contributed by atoms with E-state index in [-0.39, 0.29) is 0 Å². The molecule has 3 rings (SSSR count). The Morgan fingerprint density at radius 2 is 2.24 bits per heavy atom. The molecule has 0 unspecified atom stereocenters. The highest BCUT2D eigenvalue weighted by Crippen LogP contribution is 2.29. The highest BCUT2D eigenvalue weighted by molar-refractivity contribution is 5.47. The van der Waals surface area contributed by atoms with Crippen molar-refractivity contribution in [2.45, 2.75) is 25.4 Å². The van der Waals surface area contributed by atoms with Crippen molar-refractivity contribution < 1.29 is 5.11 Å². The van der Waals surface area contributed by atoms with E-state index in [1.165, 1.54) is 4.63 Å². The lowest BCUT2D eigenvalue weighted by Crippen LogP contribution is -2.62. The SMILES string of the molecule is CCCC1(O)CN(c2ccc3nnnn3n2)C1. The first-order valence-electron chi connectivity index (χ1n) is 5.73. The van der Waals surface area contributed by atoms with Gasteiger partial charge >= 0.3 is 0 Å². The van der Waals surface area contributed by atoms with Gasteiger partial charge in [-0.2, -0.15) is 0 Å². The first-order valence-corrected chi connectivity index (χ1v) is 5.73. The fraction of sp³-hybridized carbons (Fsp3) is 0.600. The van der Waals surface area contributed by atoms with Crippen LogP contribution >= 0.6 is 0 Å². The van der Waals surface area contributed by atoms with Gasteiger partial charge < -0.3 is 10.0 Å². The Labute approximate surface area is 98.0 Å². The molecule has 0 amide bonds. The highest BCUT2D eigenvalue weighted by atomic mass is 16.3. The largest absolute Gasteiger partial charge is 0.386 e. The summed E-state index contributed by atoms with van der Waals surface area (Å²) in [6, 6.07) is 3.69. The smallest absolute Gasteiger partial charge is 0.200 e. The van der Waals surface area contributed by atoms with Crippen LogP contribution in [0.3, 0.4) is 0 Å². The fourth-order valence-corrected chi connectivity index (χ4v) is 2.26. The maximum absolute atomic E-state index is 10.1. The Bertz CT molecular complexity index is 532. The number of hydrogen-bond donors (Lipinski definition) is 1. The first kappa shape index (κ1) is 10.4. The first-order chi connectivity index (χ1) is 8.20. The normalized spacial score (nSPS) is 18.4. The second kappa shape index (κ2) is 3.63. The number of nitrogens with zero attached hydrogens (tertiary/aromatic N) is 6. The van der Waals surface area contributed by atoms with Crippen LogP contribution < -0.4 is 4.90 Å². The predicted octanol–water partition coefficient (Wildman–Crippen LogP) is -0.130. The van der Waals surface area contributed by atoms with Gasteiger partial charge in [0.05, 0.1) is 18.7 Å². The van der Waals surface area contributed by atoms with Crippen LogP contribution in [0.15, 0.2) is 12.1 Å². The molecule has 1 aliphatic rings. The Morgan fingerprint density at radius 1 is 1.41 bits per heavy atom. The minimum atomic E-state index is -0.550. The summed E-state index contributed by atoms with van der Waals surface area (Å²) in [5, 5.41) is 25.5. The number of aliphatic hydroxyl groups is 1. The van der Waals surface area contributed by atoms with E-state index in [9.17, 15) is 5.11 Å². The summed E-state index contributed by atoms with van der Waals surface area (Å²) in [6.45, 7) is 3.33. The lowest BCUT2D eigenvalue weighted by molar-refractivity contribution is 0.00281. The quantitative estimate of drug-likeness (QED) is 0.797. The number of β-amino-alcohol motifs (C(OH)–C–C–N with tert-alkyl or cyclic N) is 1. The molecule has 7 heteroatoms. The zero-order chi connectivity index (χ0) is 11.9. The number of aromatic nitrogens is 5. The van der Waals surface area contributed by atoms with E-state index in [1.807, 2.05) is 17.0 Å². The minimum Gasteiger partial charge on any atom is -0.386 e. The minimum absolute atomic E-state index is 0.550. The Kier molecular flexibility index (Phi) is 2.22. The van der Waals surface area contributed by atoms with E-state index >= 15 is 0 Å². The van der Waals surface area contributed by atoms with Crippen molar-refractivity contribution in [3.05, 3.63) is 12.1 Å². The van der Waals surface area contributed by atoms with Crippen molar-refractivity contribution in [3.63, 3.8) is 0 Å². The molecular formula is C10H14N6O. The Hall–Kier alpha value is -1.76. The standard InChI is InChI=1S/C10H14N6O/c1-2-5-10(17)6-15(7-10)9-4-3-8-11-13-14-16(8)12-9/h3-4,17H,2,5-7H2,1H3. The molecule has 0 aromatic carbocycles. The van der Waals surface area contributed by atoms with E-state index in [0.29, 0.717) is 18.7 Å². The van der Waals surface area contributed by atoms with E-state index in [2.05, 4.69) is 27.5 Å². The summed E-state index contributed by atoms with van der Waals surface area (Å²) in [6.07, 6.45) is 1.82. The van der Waals surface area contributed by atoms with Crippen molar-refractivity contribution in [1.82, 2.24) is 25.3 Å². The second-order valence-corrected chi connectivity index (χ2v) is 4.55. The number of tetrazole rings is 1. The van der Waals surface area contributed by atoms with Gasteiger partial charge in [0.25, 0.3) is 0 Å². The maximum Gasteiger partial charge on any atom is 0.200 e. The maximum atomic E-state index is 10.1. The molecule has 1 fully saturated rings. The van der Waals surface area contributed by atoms with Crippen LogP contribution in [0.25, 0.3) is 5.65 Å². The third-order valence-electron chi connectivity index (χ3n) is 3.07. The van der Waals surface area contributed by atoms with Crippen LogP contribution in [0.2, 0.25) is 0 Å². The lowest BCUT2D eigenvalue weighted by atomic mass is 9.89. The average Bonchev–Trinajstić information content (AvgIpc) is 2.72. The van der Waals surface area contributed by atoms with Gasteiger partial charge in [-0.05, 0) is 29.0 Å². The molecule has 3 heterocycles. The third-order valence-corrected chi connectivity index (χ3v) is 3.07. The lowest BCUT2D eigenvalue weighted by Gasteiger charge is -2.47. The molecule has 2 aromatic heterocycles. The summed E-state index contributed by atoms with van der Waals surface area (Å²) in [4.78, 5) is 2.02. The molecule has 1 aliphatic heterocycles. The molecule has 7 nitrogen and oxygen atoms in total. The molecule has 0 saturated carbocycles. The second-order valence-electron chi connectivity index (χ2n) is 4.55. The molecule has 0 atom stereocenters. The van der Waals surface area contributed by atoms with Crippen LogP contribution in [-0.2, 0) is 0 Å².